The Morgan fingerprint density at radius 1 is 1.06 bits per heavy atom. The Hall–Kier alpha value is -2.67. The molecule has 3 heterocycles. The number of nitrogens with one attached hydrogen (secondary N) is 2. The van der Waals surface area contributed by atoms with Crippen LogP contribution in [0.2, 0.25) is 0 Å². The minimum absolute atomic E-state index is 0.0648. The van der Waals surface area contributed by atoms with Gasteiger partial charge in [-0.1, -0.05) is 6.07 Å². The Balaban J connectivity index is 1.33. The zero-order chi connectivity index (χ0) is 24.5. The summed E-state index contributed by atoms with van der Waals surface area (Å²) < 4.78 is 34.3. The summed E-state index contributed by atoms with van der Waals surface area (Å²) in [5.41, 5.74) is 1.22. The molecule has 34 heavy (non-hydrogen) atoms. The van der Waals surface area contributed by atoms with Crippen molar-refractivity contribution in [1.82, 2.24) is 19.2 Å². The molecular weight excluding hydrogens is 464 g/mol. The fourth-order valence-electron chi connectivity index (χ4n) is 4.57. The third-order valence-corrected chi connectivity index (χ3v) is 8.12. The molecule has 0 spiro atoms. The van der Waals surface area contributed by atoms with Crippen molar-refractivity contribution in [1.29, 1.82) is 0 Å². The van der Waals surface area contributed by atoms with Crippen molar-refractivity contribution < 1.29 is 32.3 Å². The smallest absolute Gasteiger partial charge is 0.279 e. The first-order valence-corrected chi connectivity index (χ1v) is 12.8. The number of carbonyl (C=O) groups is 4. The van der Waals surface area contributed by atoms with E-state index in [1.165, 1.54) is 4.31 Å². The standard InChI is InChI=1S/C22H28N4O7S/c1-33-15-8-11-25(12-9-15)34(31,32)23-10-2-3-14-4-5-16-17(13-14)22(30)26(21(16)29)18-6-7-19(27)24-20(18)28/h4-5,13,15,18,23H,2-3,6-12H2,1H3,(H,24,27,28). The van der Waals surface area contributed by atoms with Crippen LogP contribution in [0.1, 0.15) is 58.4 Å². The normalized spacial score (nSPS) is 22.3. The first kappa shape index (κ1) is 24.5. The molecule has 3 aliphatic rings. The van der Waals surface area contributed by atoms with Gasteiger partial charge in [-0.05, 0) is 49.8 Å². The van der Waals surface area contributed by atoms with E-state index in [4.69, 9.17) is 4.74 Å². The quantitative estimate of drug-likeness (QED) is 0.383. The number of benzene rings is 1. The van der Waals surface area contributed by atoms with Gasteiger partial charge in [0, 0.05) is 33.2 Å². The Kier molecular flexibility index (Phi) is 7.12. The number of methoxy groups -OCH3 is 1. The molecule has 4 rings (SSSR count). The number of imide groups is 2. The summed E-state index contributed by atoms with van der Waals surface area (Å²) >= 11 is 0. The van der Waals surface area contributed by atoms with E-state index in [0.717, 1.165) is 10.5 Å². The Morgan fingerprint density at radius 2 is 1.76 bits per heavy atom. The van der Waals surface area contributed by atoms with Crippen molar-refractivity contribution in [3.8, 4) is 0 Å². The number of rotatable bonds is 8. The Bertz CT molecular complexity index is 1110. The highest BCUT2D eigenvalue weighted by Crippen LogP contribution is 2.28. The first-order valence-electron chi connectivity index (χ1n) is 11.3. The first-order chi connectivity index (χ1) is 16.2. The molecule has 1 aromatic carbocycles. The highest BCUT2D eigenvalue weighted by Gasteiger charge is 2.44. The molecule has 2 fully saturated rings. The number of piperidine rings is 2. The van der Waals surface area contributed by atoms with Gasteiger partial charge in [-0.3, -0.25) is 29.4 Å². The predicted octanol–water partition coefficient (Wildman–Crippen LogP) is -0.0344. The lowest BCUT2D eigenvalue weighted by Crippen LogP contribution is -2.54. The molecule has 1 atom stereocenters. The molecule has 1 aromatic rings. The van der Waals surface area contributed by atoms with Crippen molar-refractivity contribution in [3.05, 3.63) is 34.9 Å². The van der Waals surface area contributed by atoms with Crippen LogP contribution in [0.4, 0.5) is 0 Å². The van der Waals surface area contributed by atoms with Crippen LogP contribution in [-0.2, 0) is 31.0 Å². The minimum atomic E-state index is -3.56. The maximum absolute atomic E-state index is 12.9. The van der Waals surface area contributed by atoms with Crippen molar-refractivity contribution in [2.45, 2.75) is 50.7 Å². The van der Waals surface area contributed by atoms with Gasteiger partial charge in [0.25, 0.3) is 22.0 Å². The molecule has 0 radical (unpaired) electrons. The minimum Gasteiger partial charge on any atom is -0.381 e. The van der Waals surface area contributed by atoms with Crippen LogP contribution in [0.3, 0.4) is 0 Å². The van der Waals surface area contributed by atoms with Crippen LogP contribution >= 0.6 is 0 Å². The molecule has 3 aliphatic heterocycles. The maximum Gasteiger partial charge on any atom is 0.279 e. The van der Waals surface area contributed by atoms with Crippen LogP contribution in [0.15, 0.2) is 18.2 Å². The molecule has 1 unspecified atom stereocenters. The average Bonchev–Trinajstić information content (AvgIpc) is 3.06. The molecule has 0 saturated carbocycles. The second-order valence-electron chi connectivity index (χ2n) is 8.66. The number of ether oxygens (including phenoxy) is 1. The third-order valence-electron chi connectivity index (χ3n) is 6.51. The van der Waals surface area contributed by atoms with E-state index >= 15 is 0 Å². The number of carbonyl (C=O) groups excluding carboxylic acids is 4. The zero-order valence-corrected chi connectivity index (χ0v) is 19.7. The van der Waals surface area contributed by atoms with Gasteiger partial charge in [0.15, 0.2) is 0 Å². The highest BCUT2D eigenvalue weighted by molar-refractivity contribution is 7.87. The third kappa shape index (κ3) is 4.90. The Morgan fingerprint density at radius 3 is 2.44 bits per heavy atom. The second-order valence-corrected chi connectivity index (χ2v) is 10.4. The van der Waals surface area contributed by atoms with Crippen LogP contribution in [0.5, 0.6) is 0 Å². The molecule has 11 nitrogen and oxygen atoms in total. The van der Waals surface area contributed by atoms with E-state index in [2.05, 4.69) is 10.0 Å². The molecule has 4 amide bonds. The average molecular weight is 493 g/mol. The summed E-state index contributed by atoms with van der Waals surface area (Å²) in [6.07, 6.45) is 2.59. The molecule has 0 aromatic heterocycles. The molecule has 0 aliphatic carbocycles. The van der Waals surface area contributed by atoms with Gasteiger partial charge < -0.3 is 4.74 Å². The summed E-state index contributed by atoms with van der Waals surface area (Å²) in [4.78, 5) is 50.1. The van der Waals surface area contributed by atoms with E-state index < -0.39 is 39.9 Å². The summed E-state index contributed by atoms with van der Waals surface area (Å²) in [5, 5.41) is 2.17. The number of fused-ring (bicyclic) bond motifs is 1. The lowest BCUT2D eigenvalue weighted by Gasteiger charge is -2.30. The van der Waals surface area contributed by atoms with Crippen LogP contribution in [-0.4, -0.2) is 80.1 Å². The number of hydrogen-bond donors (Lipinski definition) is 2. The lowest BCUT2D eigenvalue weighted by molar-refractivity contribution is -0.136. The van der Waals surface area contributed by atoms with Gasteiger partial charge in [0.05, 0.1) is 17.2 Å². The van der Waals surface area contributed by atoms with Crippen molar-refractivity contribution in [2.75, 3.05) is 26.7 Å². The lowest BCUT2D eigenvalue weighted by atomic mass is 10.0. The van der Waals surface area contributed by atoms with Gasteiger partial charge in [0.2, 0.25) is 11.8 Å². The van der Waals surface area contributed by atoms with Crippen LogP contribution in [0.25, 0.3) is 0 Å². The number of nitrogens with zero attached hydrogens (tertiary/aromatic N) is 2. The maximum atomic E-state index is 12.9. The van der Waals surface area contributed by atoms with E-state index in [9.17, 15) is 27.6 Å². The molecule has 2 saturated heterocycles. The predicted molar refractivity (Wildman–Crippen MR) is 120 cm³/mol. The van der Waals surface area contributed by atoms with E-state index in [0.29, 0.717) is 38.8 Å². The number of hydrogen-bond acceptors (Lipinski definition) is 7. The van der Waals surface area contributed by atoms with E-state index in [1.54, 1.807) is 25.3 Å². The van der Waals surface area contributed by atoms with Gasteiger partial charge in [-0.25, -0.2) is 4.72 Å². The molecule has 12 heteroatoms. The van der Waals surface area contributed by atoms with Crippen molar-refractivity contribution in [2.24, 2.45) is 0 Å². The monoisotopic (exact) mass is 492 g/mol. The highest BCUT2D eigenvalue weighted by atomic mass is 32.2. The van der Waals surface area contributed by atoms with Gasteiger partial charge >= 0.3 is 0 Å². The van der Waals surface area contributed by atoms with Gasteiger partial charge in [-0.15, -0.1) is 0 Å². The second kappa shape index (κ2) is 9.90. The summed E-state index contributed by atoms with van der Waals surface area (Å²) in [6.45, 7) is 1.07. The zero-order valence-electron chi connectivity index (χ0n) is 18.9. The Labute approximate surface area is 198 Å². The van der Waals surface area contributed by atoms with E-state index in [1.807, 2.05) is 0 Å². The van der Waals surface area contributed by atoms with Gasteiger partial charge in [-0.2, -0.15) is 12.7 Å². The molecule has 2 N–H and O–H groups in total. The number of aryl methyl sites for hydroxylation is 1. The van der Waals surface area contributed by atoms with Crippen molar-refractivity contribution >= 4 is 33.8 Å². The summed E-state index contributed by atoms with van der Waals surface area (Å²) in [6, 6.07) is 3.89. The van der Waals surface area contributed by atoms with Crippen molar-refractivity contribution in [3.63, 3.8) is 0 Å². The van der Waals surface area contributed by atoms with E-state index in [-0.39, 0.29) is 36.6 Å². The SMILES string of the molecule is COC1CCN(S(=O)(=O)NCCCc2ccc3c(c2)C(=O)N(C2CCC(=O)NC2=O)C3=O)CC1. The van der Waals surface area contributed by atoms with Crippen LogP contribution in [0, 0.1) is 0 Å². The summed E-state index contributed by atoms with van der Waals surface area (Å²) in [7, 11) is -1.94. The topological polar surface area (TPSA) is 142 Å². The molecule has 184 valence electrons. The number of amides is 4. The fourth-order valence-corrected chi connectivity index (χ4v) is 5.84. The largest absolute Gasteiger partial charge is 0.381 e. The fraction of sp³-hybridized carbons (Fsp3) is 0.545. The molecular formula is C22H28N4O7S. The summed E-state index contributed by atoms with van der Waals surface area (Å²) in [5.74, 6) is -2.18. The van der Waals surface area contributed by atoms with Gasteiger partial charge in [0.1, 0.15) is 6.04 Å². The molecule has 0 bridgehead atoms. The van der Waals surface area contributed by atoms with Crippen LogP contribution < -0.4 is 10.0 Å².